The lowest BCUT2D eigenvalue weighted by molar-refractivity contribution is -0.126. The Morgan fingerprint density at radius 2 is 1.92 bits per heavy atom. The standard InChI is InChI=1S/C11H22O/c1-6-9(3)8-11(5,7-2)10(4)12/h9H,6-8H2,1-5H3/t9-,11?/m0/s1. The molecule has 72 valence electrons. The van der Waals surface area contributed by atoms with Crippen LogP contribution in [-0.2, 0) is 4.79 Å². The van der Waals surface area contributed by atoms with E-state index in [-0.39, 0.29) is 5.41 Å². The van der Waals surface area contributed by atoms with E-state index < -0.39 is 0 Å². The molecule has 2 atom stereocenters. The van der Waals surface area contributed by atoms with Gasteiger partial charge in [-0.2, -0.15) is 0 Å². The van der Waals surface area contributed by atoms with Crippen LogP contribution in [0.1, 0.15) is 53.9 Å². The zero-order valence-corrected chi connectivity index (χ0v) is 9.11. The van der Waals surface area contributed by atoms with Gasteiger partial charge in [0.25, 0.3) is 0 Å². The van der Waals surface area contributed by atoms with Gasteiger partial charge in [-0.3, -0.25) is 4.79 Å². The predicted octanol–water partition coefficient (Wildman–Crippen LogP) is 3.43. The lowest BCUT2D eigenvalue weighted by atomic mass is 9.76. The van der Waals surface area contributed by atoms with E-state index in [0.717, 1.165) is 12.8 Å². The van der Waals surface area contributed by atoms with Gasteiger partial charge in [-0.25, -0.2) is 0 Å². The molecule has 0 fully saturated rings. The van der Waals surface area contributed by atoms with E-state index >= 15 is 0 Å². The van der Waals surface area contributed by atoms with E-state index in [9.17, 15) is 4.79 Å². The van der Waals surface area contributed by atoms with Crippen molar-refractivity contribution in [3.05, 3.63) is 0 Å². The highest BCUT2D eigenvalue weighted by atomic mass is 16.1. The Hall–Kier alpha value is -0.330. The minimum Gasteiger partial charge on any atom is -0.299 e. The van der Waals surface area contributed by atoms with Crippen molar-refractivity contribution >= 4 is 5.78 Å². The number of hydrogen-bond acceptors (Lipinski definition) is 1. The summed E-state index contributed by atoms with van der Waals surface area (Å²) in [4.78, 5) is 11.3. The number of hydrogen-bond donors (Lipinski definition) is 0. The summed E-state index contributed by atoms with van der Waals surface area (Å²) in [5, 5.41) is 0. The Kier molecular flexibility index (Phi) is 4.51. The summed E-state index contributed by atoms with van der Waals surface area (Å²) in [7, 11) is 0. The molecule has 0 aliphatic heterocycles. The highest BCUT2D eigenvalue weighted by molar-refractivity contribution is 5.81. The molecule has 0 bridgehead atoms. The van der Waals surface area contributed by atoms with Crippen LogP contribution in [0.4, 0.5) is 0 Å². The van der Waals surface area contributed by atoms with Crippen molar-refractivity contribution in [1.29, 1.82) is 0 Å². The van der Waals surface area contributed by atoms with Gasteiger partial charge >= 0.3 is 0 Å². The Morgan fingerprint density at radius 3 is 2.17 bits per heavy atom. The number of carbonyl (C=O) groups excluding carboxylic acids is 1. The molecule has 0 radical (unpaired) electrons. The van der Waals surface area contributed by atoms with Crippen LogP contribution in [0, 0.1) is 11.3 Å². The van der Waals surface area contributed by atoms with Crippen LogP contribution in [-0.4, -0.2) is 5.78 Å². The molecule has 0 aromatic rings. The molecule has 0 aliphatic carbocycles. The third-order valence-corrected chi connectivity index (χ3v) is 3.13. The molecule has 1 nitrogen and oxygen atoms in total. The van der Waals surface area contributed by atoms with E-state index in [0.29, 0.717) is 11.7 Å². The molecule has 0 aromatic heterocycles. The third kappa shape index (κ3) is 2.96. The van der Waals surface area contributed by atoms with Crippen molar-refractivity contribution in [3.63, 3.8) is 0 Å². The molecular weight excluding hydrogens is 148 g/mol. The zero-order valence-electron chi connectivity index (χ0n) is 9.11. The lowest BCUT2D eigenvalue weighted by Gasteiger charge is -2.27. The minimum atomic E-state index is -0.0740. The Bertz CT molecular complexity index is 151. The van der Waals surface area contributed by atoms with Crippen molar-refractivity contribution < 1.29 is 4.79 Å². The van der Waals surface area contributed by atoms with Crippen LogP contribution in [0.25, 0.3) is 0 Å². The molecule has 0 heterocycles. The summed E-state index contributed by atoms with van der Waals surface area (Å²) in [6.07, 6.45) is 3.17. The fourth-order valence-electron chi connectivity index (χ4n) is 1.45. The van der Waals surface area contributed by atoms with E-state index in [4.69, 9.17) is 0 Å². The predicted molar refractivity (Wildman–Crippen MR) is 53.2 cm³/mol. The maximum Gasteiger partial charge on any atom is 0.135 e. The maximum absolute atomic E-state index is 11.3. The van der Waals surface area contributed by atoms with Crippen molar-refractivity contribution in [2.75, 3.05) is 0 Å². The molecule has 0 aromatic carbocycles. The molecule has 0 N–H and O–H groups in total. The summed E-state index contributed by atoms with van der Waals surface area (Å²) in [5.74, 6) is 1.00. The van der Waals surface area contributed by atoms with Gasteiger partial charge in [-0.05, 0) is 25.7 Å². The first-order valence-electron chi connectivity index (χ1n) is 4.97. The van der Waals surface area contributed by atoms with Crippen molar-refractivity contribution in [1.82, 2.24) is 0 Å². The number of Topliss-reactive ketones (excluding diaryl/α,β-unsaturated/α-hetero) is 1. The third-order valence-electron chi connectivity index (χ3n) is 3.13. The monoisotopic (exact) mass is 170 g/mol. The molecule has 0 saturated carbocycles. The Labute approximate surface area is 76.6 Å². The largest absolute Gasteiger partial charge is 0.299 e. The van der Waals surface area contributed by atoms with Crippen LogP contribution >= 0.6 is 0 Å². The van der Waals surface area contributed by atoms with E-state index in [1.165, 1.54) is 6.42 Å². The number of ketones is 1. The SMILES string of the molecule is CC[C@H](C)CC(C)(CC)C(C)=O. The lowest BCUT2D eigenvalue weighted by Crippen LogP contribution is -2.26. The van der Waals surface area contributed by atoms with Crippen LogP contribution in [0.15, 0.2) is 0 Å². The first-order valence-corrected chi connectivity index (χ1v) is 4.97. The molecule has 1 unspecified atom stereocenters. The second-order valence-electron chi connectivity index (χ2n) is 4.19. The first kappa shape index (κ1) is 11.7. The molecule has 12 heavy (non-hydrogen) atoms. The van der Waals surface area contributed by atoms with Crippen LogP contribution in [0.2, 0.25) is 0 Å². The van der Waals surface area contributed by atoms with Gasteiger partial charge in [0, 0.05) is 5.41 Å². The second kappa shape index (κ2) is 4.64. The minimum absolute atomic E-state index is 0.0740. The Balaban J connectivity index is 4.23. The highest BCUT2D eigenvalue weighted by Crippen LogP contribution is 2.31. The molecule has 0 saturated heterocycles. The summed E-state index contributed by atoms with van der Waals surface area (Å²) in [6.45, 7) is 10.3. The molecule has 0 amide bonds. The summed E-state index contributed by atoms with van der Waals surface area (Å²) in [5.41, 5.74) is -0.0740. The smallest absolute Gasteiger partial charge is 0.135 e. The fraction of sp³-hybridized carbons (Fsp3) is 0.909. The Morgan fingerprint density at radius 1 is 1.42 bits per heavy atom. The van der Waals surface area contributed by atoms with E-state index in [2.05, 4.69) is 27.7 Å². The second-order valence-corrected chi connectivity index (χ2v) is 4.19. The van der Waals surface area contributed by atoms with Crippen LogP contribution in [0.3, 0.4) is 0 Å². The molecule has 0 rings (SSSR count). The van der Waals surface area contributed by atoms with Crippen molar-refractivity contribution in [3.8, 4) is 0 Å². The van der Waals surface area contributed by atoms with Gasteiger partial charge in [0.1, 0.15) is 5.78 Å². The molecule has 0 aliphatic rings. The zero-order chi connectivity index (χ0) is 9.78. The van der Waals surface area contributed by atoms with Gasteiger partial charge in [0.2, 0.25) is 0 Å². The topological polar surface area (TPSA) is 17.1 Å². The van der Waals surface area contributed by atoms with E-state index in [1.54, 1.807) is 6.92 Å². The molecule has 0 spiro atoms. The van der Waals surface area contributed by atoms with Gasteiger partial charge < -0.3 is 0 Å². The van der Waals surface area contributed by atoms with Crippen molar-refractivity contribution in [2.45, 2.75) is 53.9 Å². The summed E-state index contributed by atoms with van der Waals surface area (Å²) >= 11 is 0. The van der Waals surface area contributed by atoms with Gasteiger partial charge in [0.05, 0.1) is 0 Å². The normalized spacial score (nSPS) is 18.4. The maximum atomic E-state index is 11.3. The van der Waals surface area contributed by atoms with E-state index in [1.807, 2.05) is 0 Å². The number of carbonyl (C=O) groups is 1. The molecular formula is C11H22O. The average molecular weight is 170 g/mol. The van der Waals surface area contributed by atoms with Crippen molar-refractivity contribution in [2.24, 2.45) is 11.3 Å². The highest BCUT2D eigenvalue weighted by Gasteiger charge is 2.28. The van der Waals surface area contributed by atoms with Crippen LogP contribution < -0.4 is 0 Å². The number of rotatable bonds is 5. The van der Waals surface area contributed by atoms with Gasteiger partial charge in [-0.1, -0.05) is 34.1 Å². The average Bonchev–Trinajstić information content (AvgIpc) is 2.03. The first-order chi connectivity index (χ1) is 5.46. The van der Waals surface area contributed by atoms with Gasteiger partial charge in [-0.15, -0.1) is 0 Å². The quantitative estimate of drug-likeness (QED) is 0.618. The fourth-order valence-corrected chi connectivity index (χ4v) is 1.45. The van der Waals surface area contributed by atoms with Gasteiger partial charge in [0.15, 0.2) is 0 Å². The molecule has 1 heteroatoms. The van der Waals surface area contributed by atoms with Crippen LogP contribution in [0.5, 0.6) is 0 Å². The summed E-state index contributed by atoms with van der Waals surface area (Å²) < 4.78 is 0. The summed E-state index contributed by atoms with van der Waals surface area (Å²) in [6, 6.07) is 0.